The second-order valence-corrected chi connectivity index (χ2v) is 9.27. The predicted molar refractivity (Wildman–Crippen MR) is 121 cm³/mol. The fraction of sp³-hybridized carbons (Fsp3) is 0.636. The van der Waals surface area contributed by atoms with Crippen molar-refractivity contribution in [2.24, 2.45) is 14.1 Å². The monoisotopic (exact) mass is 444 g/mol. The van der Waals surface area contributed by atoms with Gasteiger partial charge in [-0.1, -0.05) is 0 Å². The molecule has 0 fully saturated rings. The minimum atomic E-state index is -0.325. The largest absolute Gasteiger partial charge is 0.331 e. The molecule has 2 aromatic rings. The van der Waals surface area contributed by atoms with E-state index in [1.807, 2.05) is 20.8 Å². The minimum absolute atomic E-state index is 0.0632. The van der Waals surface area contributed by atoms with Gasteiger partial charge in [-0.05, 0) is 40.2 Å². The molecule has 32 heavy (non-hydrogen) atoms. The summed E-state index contributed by atoms with van der Waals surface area (Å²) in [4.78, 5) is 51.7. The lowest BCUT2D eigenvalue weighted by Crippen LogP contribution is -2.50. The van der Waals surface area contributed by atoms with E-state index >= 15 is 0 Å². The maximum absolute atomic E-state index is 13.1. The van der Waals surface area contributed by atoms with Gasteiger partial charge in [0.2, 0.25) is 0 Å². The molecule has 0 radical (unpaired) electrons. The number of nitrogens with one attached hydrogen (secondary N) is 2. The van der Waals surface area contributed by atoms with E-state index in [9.17, 15) is 19.2 Å². The van der Waals surface area contributed by atoms with Crippen LogP contribution in [0.4, 0.5) is 0 Å². The Balaban J connectivity index is 1.65. The zero-order chi connectivity index (χ0) is 23.3. The standard InChI is InChI=1S/C22H32N6O4/c1-12(2)27-20(30)16-10-24-14(9-17(16)25(4)21(27)31)8-13(3)28-19(29)15-6-7-23-11-18(15)26(5)22(28)32/h12-14,23-24H,6-11H2,1-5H3. The summed E-state index contributed by atoms with van der Waals surface area (Å²) >= 11 is 0. The van der Waals surface area contributed by atoms with Crippen molar-refractivity contribution in [3.05, 3.63) is 64.2 Å². The lowest BCUT2D eigenvalue weighted by molar-refractivity contribution is 0.345. The molecule has 0 aliphatic carbocycles. The molecule has 2 aliphatic rings. The molecule has 2 N–H and O–H groups in total. The smallest absolute Gasteiger partial charge is 0.311 e. The van der Waals surface area contributed by atoms with Crippen LogP contribution in [-0.4, -0.2) is 30.9 Å². The van der Waals surface area contributed by atoms with E-state index in [-0.39, 0.29) is 40.6 Å². The molecular weight excluding hydrogens is 412 g/mol. The maximum atomic E-state index is 13.1. The fourth-order valence-electron chi connectivity index (χ4n) is 5.08. The lowest BCUT2D eigenvalue weighted by Gasteiger charge is -2.31. The molecule has 0 amide bonds. The molecule has 0 spiro atoms. The summed E-state index contributed by atoms with van der Waals surface area (Å²) in [5.74, 6) is 0. The van der Waals surface area contributed by atoms with Crippen LogP contribution in [-0.2, 0) is 40.0 Å². The average Bonchev–Trinajstić information content (AvgIpc) is 2.76. The van der Waals surface area contributed by atoms with E-state index in [2.05, 4.69) is 10.6 Å². The van der Waals surface area contributed by atoms with Gasteiger partial charge in [-0.2, -0.15) is 0 Å². The molecule has 2 aliphatic heterocycles. The highest BCUT2D eigenvalue weighted by Gasteiger charge is 2.29. The van der Waals surface area contributed by atoms with Crippen molar-refractivity contribution >= 4 is 0 Å². The van der Waals surface area contributed by atoms with Crippen LogP contribution in [0, 0.1) is 0 Å². The van der Waals surface area contributed by atoms with Crippen LogP contribution in [0.3, 0.4) is 0 Å². The topological polar surface area (TPSA) is 112 Å². The SMILES string of the molecule is CC(C)n1c(=O)c2c(n(C)c1=O)CC(CC(C)n1c(=O)c3c(n(C)c1=O)CNCC3)NC2. The van der Waals surface area contributed by atoms with Crippen molar-refractivity contribution in [3.63, 3.8) is 0 Å². The zero-order valence-electron chi connectivity index (χ0n) is 19.4. The van der Waals surface area contributed by atoms with Crippen molar-refractivity contribution < 1.29 is 0 Å². The Morgan fingerprint density at radius 2 is 1.50 bits per heavy atom. The van der Waals surface area contributed by atoms with Gasteiger partial charge in [-0.15, -0.1) is 0 Å². The van der Waals surface area contributed by atoms with Crippen LogP contribution in [0.1, 0.15) is 61.8 Å². The van der Waals surface area contributed by atoms with E-state index in [4.69, 9.17) is 0 Å². The van der Waals surface area contributed by atoms with Crippen LogP contribution in [0.5, 0.6) is 0 Å². The molecule has 2 aromatic heterocycles. The summed E-state index contributed by atoms with van der Waals surface area (Å²) < 4.78 is 5.78. The Morgan fingerprint density at radius 3 is 2.19 bits per heavy atom. The first-order chi connectivity index (χ1) is 15.1. The Hall–Kier alpha value is -2.72. The molecule has 0 saturated heterocycles. The van der Waals surface area contributed by atoms with E-state index in [0.717, 1.165) is 17.9 Å². The molecule has 10 heteroatoms. The van der Waals surface area contributed by atoms with Gasteiger partial charge in [0, 0.05) is 68.7 Å². The van der Waals surface area contributed by atoms with Gasteiger partial charge in [-0.3, -0.25) is 23.3 Å². The first kappa shape index (κ1) is 22.5. The molecule has 4 rings (SSSR count). The van der Waals surface area contributed by atoms with E-state index in [1.54, 1.807) is 23.2 Å². The molecular formula is C22H32N6O4. The molecule has 0 aromatic carbocycles. The summed E-state index contributed by atoms with van der Waals surface area (Å²) in [6.07, 6.45) is 1.63. The molecule has 2 atom stereocenters. The van der Waals surface area contributed by atoms with Crippen LogP contribution in [0.2, 0.25) is 0 Å². The van der Waals surface area contributed by atoms with Gasteiger partial charge in [0.1, 0.15) is 0 Å². The Labute approximate surface area is 185 Å². The third-order valence-electron chi connectivity index (χ3n) is 6.88. The highest BCUT2D eigenvalue weighted by molar-refractivity contribution is 5.23. The maximum Gasteiger partial charge on any atom is 0.331 e. The third kappa shape index (κ3) is 3.51. The zero-order valence-corrected chi connectivity index (χ0v) is 19.4. The van der Waals surface area contributed by atoms with E-state index < -0.39 is 0 Å². The number of rotatable bonds is 4. The van der Waals surface area contributed by atoms with Crippen LogP contribution in [0.15, 0.2) is 19.2 Å². The van der Waals surface area contributed by atoms with Gasteiger partial charge in [0.15, 0.2) is 0 Å². The van der Waals surface area contributed by atoms with E-state index in [1.165, 1.54) is 9.13 Å². The first-order valence-electron chi connectivity index (χ1n) is 11.2. The van der Waals surface area contributed by atoms with Gasteiger partial charge in [0.25, 0.3) is 11.1 Å². The number of nitrogens with zero attached hydrogens (tertiary/aromatic N) is 4. The number of hydrogen-bond acceptors (Lipinski definition) is 6. The summed E-state index contributed by atoms with van der Waals surface area (Å²) in [5, 5.41) is 6.59. The minimum Gasteiger partial charge on any atom is -0.311 e. The summed E-state index contributed by atoms with van der Waals surface area (Å²) in [6, 6.07) is -0.605. The highest BCUT2D eigenvalue weighted by atomic mass is 16.2. The van der Waals surface area contributed by atoms with E-state index in [0.29, 0.717) is 43.5 Å². The van der Waals surface area contributed by atoms with Crippen LogP contribution < -0.4 is 33.1 Å². The van der Waals surface area contributed by atoms with Crippen molar-refractivity contribution in [2.75, 3.05) is 6.54 Å². The molecule has 0 bridgehead atoms. The Bertz CT molecular complexity index is 1300. The lowest BCUT2D eigenvalue weighted by atomic mass is 9.96. The van der Waals surface area contributed by atoms with Crippen LogP contribution >= 0.6 is 0 Å². The van der Waals surface area contributed by atoms with Crippen molar-refractivity contribution in [2.45, 2.75) is 71.2 Å². The van der Waals surface area contributed by atoms with Gasteiger partial charge >= 0.3 is 11.4 Å². The Morgan fingerprint density at radius 1 is 0.875 bits per heavy atom. The number of fused-ring (bicyclic) bond motifs is 2. The quantitative estimate of drug-likeness (QED) is 0.645. The van der Waals surface area contributed by atoms with Crippen molar-refractivity contribution in [1.82, 2.24) is 28.9 Å². The predicted octanol–water partition coefficient (Wildman–Crippen LogP) is -0.700. The van der Waals surface area contributed by atoms with Gasteiger partial charge < -0.3 is 15.2 Å². The third-order valence-corrected chi connectivity index (χ3v) is 6.88. The summed E-state index contributed by atoms with van der Waals surface area (Å²) in [7, 11) is 3.41. The number of aromatic nitrogens is 4. The average molecular weight is 445 g/mol. The molecule has 174 valence electrons. The van der Waals surface area contributed by atoms with Gasteiger partial charge in [0.05, 0.1) is 5.56 Å². The summed E-state index contributed by atoms with van der Waals surface area (Å²) in [6.45, 7) is 7.12. The molecule has 10 nitrogen and oxygen atoms in total. The van der Waals surface area contributed by atoms with Crippen LogP contribution in [0.25, 0.3) is 0 Å². The Kier molecular flexibility index (Phi) is 5.85. The summed E-state index contributed by atoms with van der Waals surface area (Å²) in [5.41, 5.74) is 1.72. The fourth-order valence-corrected chi connectivity index (χ4v) is 5.08. The molecule has 0 saturated carbocycles. The van der Waals surface area contributed by atoms with Gasteiger partial charge in [-0.25, -0.2) is 9.59 Å². The van der Waals surface area contributed by atoms with Crippen molar-refractivity contribution in [1.29, 1.82) is 0 Å². The normalized spacial score (nSPS) is 19.0. The second kappa shape index (κ2) is 8.32. The second-order valence-electron chi connectivity index (χ2n) is 9.27. The number of hydrogen-bond donors (Lipinski definition) is 2. The first-order valence-corrected chi connectivity index (χ1v) is 11.2. The molecule has 4 heterocycles. The molecule has 2 unspecified atom stereocenters. The van der Waals surface area contributed by atoms with Crippen molar-refractivity contribution in [3.8, 4) is 0 Å². The highest BCUT2D eigenvalue weighted by Crippen LogP contribution is 2.19.